The molecule has 0 unspecified atom stereocenters. The van der Waals surface area contributed by atoms with Crippen LogP contribution in [0.1, 0.15) is 43.0 Å². The summed E-state index contributed by atoms with van der Waals surface area (Å²) >= 11 is 13.4. The van der Waals surface area contributed by atoms with Crippen LogP contribution < -0.4 is 10.6 Å². The molecule has 1 aromatic carbocycles. The van der Waals surface area contributed by atoms with Crippen molar-refractivity contribution in [2.75, 3.05) is 11.1 Å². The number of amides is 2. The van der Waals surface area contributed by atoms with Gasteiger partial charge in [0, 0.05) is 17.8 Å². The molecule has 11 heteroatoms. The van der Waals surface area contributed by atoms with E-state index in [1.54, 1.807) is 36.5 Å². The molecule has 0 bridgehead atoms. The second-order valence-electron chi connectivity index (χ2n) is 7.46. The lowest BCUT2D eigenvalue weighted by molar-refractivity contribution is -0.113. The van der Waals surface area contributed by atoms with E-state index in [0.717, 1.165) is 0 Å². The summed E-state index contributed by atoms with van der Waals surface area (Å²) in [5.74, 6) is 0.748. The van der Waals surface area contributed by atoms with E-state index in [9.17, 15) is 9.59 Å². The van der Waals surface area contributed by atoms with Crippen molar-refractivity contribution in [2.45, 2.75) is 38.5 Å². The van der Waals surface area contributed by atoms with Crippen LogP contribution in [0.25, 0.3) is 0 Å². The molecule has 1 atom stereocenters. The molecule has 3 rings (SSSR count). The van der Waals surface area contributed by atoms with Crippen molar-refractivity contribution in [1.29, 1.82) is 0 Å². The highest BCUT2D eigenvalue weighted by atomic mass is 35.5. The molecule has 0 aliphatic rings. The fourth-order valence-electron chi connectivity index (χ4n) is 3.10. The van der Waals surface area contributed by atoms with Gasteiger partial charge in [0.25, 0.3) is 5.91 Å². The summed E-state index contributed by atoms with van der Waals surface area (Å²) in [7, 11) is 0. The van der Waals surface area contributed by atoms with E-state index in [1.807, 2.05) is 25.3 Å². The lowest BCUT2D eigenvalue weighted by Crippen LogP contribution is -2.34. The van der Waals surface area contributed by atoms with Gasteiger partial charge >= 0.3 is 0 Å². The molecule has 0 aliphatic carbocycles. The number of anilines is 1. The molecule has 3 aromatic rings. The quantitative estimate of drug-likeness (QED) is 0.401. The molecule has 2 amide bonds. The number of aromatic nitrogens is 4. The van der Waals surface area contributed by atoms with E-state index in [1.165, 1.54) is 17.8 Å². The highest BCUT2D eigenvalue weighted by Gasteiger charge is 2.27. The van der Waals surface area contributed by atoms with Crippen molar-refractivity contribution >= 4 is 52.6 Å². The molecule has 8 nitrogen and oxygen atoms in total. The molecule has 2 heterocycles. The van der Waals surface area contributed by atoms with E-state index in [0.29, 0.717) is 33.9 Å². The summed E-state index contributed by atoms with van der Waals surface area (Å²) in [6.07, 6.45) is 1.61. The molecule has 0 radical (unpaired) electrons. The Morgan fingerprint density at radius 2 is 1.94 bits per heavy atom. The van der Waals surface area contributed by atoms with Gasteiger partial charge in [-0.25, -0.2) is 4.98 Å². The molecule has 174 valence electrons. The van der Waals surface area contributed by atoms with Gasteiger partial charge in [0.15, 0.2) is 11.0 Å². The van der Waals surface area contributed by atoms with Crippen LogP contribution >= 0.6 is 35.0 Å². The van der Waals surface area contributed by atoms with Crippen LogP contribution in [0.5, 0.6) is 0 Å². The molecular formula is C22H24Cl2N6O2S. The Labute approximate surface area is 206 Å². The van der Waals surface area contributed by atoms with Gasteiger partial charge in [0.1, 0.15) is 5.82 Å². The predicted molar refractivity (Wildman–Crippen MR) is 131 cm³/mol. The molecular weight excluding hydrogens is 483 g/mol. The number of carbonyl (C=O) groups is 2. The third kappa shape index (κ3) is 6.46. The lowest BCUT2D eigenvalue weighted by Gasteiger charge is -2.22. The zero-order valence-corrected chi connectivity index (χ0v) is 20.7. The lowest BCUT2D eigenvalue weighted by atomic mass is 10.0. The van der Waals surface area contributed by atoms with Crippen molar-refractivity contribution in [2.24, 2.45) is 5.92 Å². The number of benzene rings is 1. The minimum atomic E-state index is -0.409. The van der Waals surface area contributed by atoms with Gasteiger partial charge < -0.3 is 15.2 Å². The highest BCUT2D eigenvalue weighted by Crippen LogP contribution is 2.27. The third-order valence-electron chi connectivity index (χ3n) is 4.73. The average molecular weight is 507 g/mol. The fourth-order valence-corrected chi connectivity index (χ4v) is 4.41. The number of hydrogen-bond donors (Lipinski definition) is 2. The van der Waals surface area contributed by atoms with Gasteiger partial charge in [-0.15, -0.1) is 10.2 Å². The van der Waals surface area contributed by atoms with Gasteiger partial charge in [-0.1, -0.05) is 54.9 Å². The number of carbonyl (C=O) groups excluding carboxylic acids is 2. The van der Waals surface area contributed by atoms with Gasteiger partial charge in [0.2, 0.25) is 5.91 Å². The summed E-state index contributed by atoms with van der Waals surface area (Å²) < 4.78 is 1.90. The number of nitrogens with zero attached hydrogens (tertiary/aromatic N) is 4. The molecule has 0 saturated carbocycles. The van der Waals surface area contributed by atoms with Crippen molar-refractivity contribution in [3.8, 4) is 0 Å². The maximum atomic E-state index is 12.9. The number of halogens is 2. The van der Waals surface area contributed by atoms with Gasteiger partial charge in [-0.05, 0) is 43.2 Å². The normalized spacial score (nSPS) is 11.9. The van der Waals surface area contributed by atoms with Crippen LogP contribution in [0.3, 0.4) is 0 Å². The Bertz CT molecular complexity index is 1120. The minimum Gasteiger partial charge on any atom is -0.342 e. The second kappa shape index (κ2) is 11.5. The summed E-state index contributed by atoms with van der Waals surface area (Å²) in [6, 6.07) is 9.62. The van der Waals surface area contributed by atoms with Crippen LogP contribution in [0.15, 0.2) is 47.8 Å². The van der Waals surface area contributed by atoms with Gasteiger partial charge in [-0.2, -0.15) is 0 Å². The maximum Gasteiger partial charge on any atom is 0.253 e. The van der Waals surface area contributed by atoms with Crippen LogP contribution in [0, 0.1) is 5.92 Å². The summed E-state index contributed by atoms with van der Waals surface area (Å²) in [5, 5.41) is 15.7. The van der Waals surface area contributed by atoms with E-state index >= 15 is 0 Å². The molecule has 2 aromatic heterocycles. The SMILES string of the molecule is CCn1c(SCC(=O)Nc2ccccn2)nnc1[C@H](NC(=O)c1ccc(Cl)cc1Cl)C(C)C. The topological polar surface area (TPSA) is 102 Å². The van der Waals surface area contributed by atoms with Gasteiger partial charge in [-0.3, -0.25) is 9.59 Å². The summed E-state index contributed by atoms with van der Waals surface area (Å²) in [4.78, 5) is 29.3. The molecule has 33 heavy (non-hydrogen) atoms. The first kappa shape index (κ1) is 25.0. The Morgan fingerprint density at radius 1 is 1.15 bits per heavy atom. The Balaban J connectivity index is 1.73. The van der Waals surface area contributed by atoms with Crippen molar-refractivity contribution in [1.82, 2.24) is 25.1 Å². The van der Waals surface area contributed by atoms with Crippen molar-refractivity contribution in [3.05, 3.63) is 64.0 Å². The first-order valence-corrected chi connectivity index (χ1v) is 12.1. The molecule has 0 aliphatic heterocycles. The van der Waals surface area contributed by atoms with E-state index in [2.05, 4.69) is 25.8 Å². The monoisotopic (exact) mass is 506 g/mol. The first-order valence-electron chi connectivity index (χ1n) is 10.3. The van der Waals surface area contributed by atoms with E-state index < -0.39 is 6.04 Å². The zero-order chi connectivity index (χ0) is 24.0. The van der Waals surface area contributed by atoms with Crippen LogP contribution in [-0.2, 0) is 11.3 Å². The fraction of sp³-hybridized carbons (Fsp3) is 0.318. The summed E-state index contributed by atoms with van der Waals surface area (Å²) in [6.45, 7) is 6.50. The largest absolute Gasteiger partial charge is 0.342 e. The molecule has 0 saturated heterocycles. The minimum absolute atomic E-state index is 0.0276. The van der Waals surface area contributed by atoms with E-state index in [4.69, 9.17) is 23.2 Å². The van der Waals surface area contributed by atoms with E-state index in [-0.39, 0.29) is 28.5 Å². The highest BCUT2D eigenvalue weighted by molar-refractivity contribution is 7.99. The molecule has 0 spiro atoms. The van der Waals surface area contributed by atoms with Crippen LogP contribution in [-0.4, -0.2) is 37.3 Å². The number of thioether (sulfide) groups is 1. The number of nitrogens with one attached hydrogen (secondary N) is 2. The average Bonchev–Trinajstić information content (AvgIpc) is 3.18. The number of rotatable bonds is 9. The van der Waals surface area contributed by atoms with Crippen molar-refractivity contribution in [3.63, 3.8) is 0 Å². The first-order chi connectivity index (χ1) is 15.8. The van der Waals surface area contributed by atoms with Crippen LogP contribution in [0.2, 0.25) is 10.0 Å². The standard InChI is InChI=1S/C22H24Cl2N6O2S/c1-4-30-20(19(13(2)3)27-21(32)15-9-8-14(23)11-16(15)24)28-29-22(30)33-12-18(31)26-17-7-5-6-10-25-17/h5-11,13,19H,4,12H2,1-3H3,(H,27,32)(H,25,26,31)/t19-/m1/s1. The van der Waals surface area contributed by atoms with Crippen molar-refractivity contribution < 1.29 is 9.59 Å². The van der Waals surface area contributed by atoms with Gasteiger partial charge in [0.05, 0.1) is 22.4 Å². The number of pyridine rings is 1. The third-order valence-corrected chi connectivity index (χ3v) is 6.25. The smallest absolute Gasteiger partial charge is 0.253 e. The summed E-state index contributed by atoms with van der Waals surface area (Å²) in [5.41, 5.74) is 0.329. The molecule has 0 fully saturated rings. The number of hydrogen-bond acceptors (Lipinski definition) is 6. The molecule has 2 N–H and O–H groups in total. The zero-order valence-electron chi connectivity index (χ0n) is 18.4. The Hall–Kier alpha value is -2.62. The predicted octanol–water partition coefficient (Wildman–Crippen LogP) is 4.86. The maximum absolute atomic E-state index is 12.9. The Morgan fingerprint density at radius 3 is 2.58 bits per heavy atom. The van der Waals surface area contributed by atoms with Crippen LogP contribution in [0.4, 0.5) is 5.82 Å². The Kier molecular flexibility index (Phi) is 8.71. The second-order valence-corrected chi connectivity index (χ2v) is 9.24.